The molecular weight excluding hydrogens is 316 g/mol. The van der Waals surface area contributed by atoms with Gasteiger partial charge >= 0.3 is 0 Å². The highest BCUT2D eigenvalue weighted by atomic mass is 79.9. The Morgan fingerprint density at radius 1 is 1.44 bits per heavy atom. The summed E-state index contributed by atoms with van der Waals surface area (Å²) in [6.45, 7) is 2.21. The first-order valence-electron chi connectivity index (χ1n) is 5.92. The van der Waals surface area contributed by atoms with E-state index in [0.29, 0.717) is 12.5 Å². The molecule has 1 saturated carbocycles. The van der Waals surface area contributed by atoms with Gasteiger partial charge in [0.1, 0.15) is 0 Å². The molecule has 1 aliphatic carbocycles. The molecule has 0 bridgehead atoms. The van der Waals surface area contributed by atoms with Crippen molar-refractivity contribution in [2.24, 2.45) is 11.7 Å². The van der Waals surface area contributed by atoms with E-state index >= 15 is 0 Å². The maximum absolute atomic E-state index is 12.3. The number of rotatable bonds is 5. The van der Waals surface area contributed by atoms with E-state index in [1.54, 1.807) is 12.1 Å². The van der Waals surface area contributed by atoms with Gasteiger partial charge in [0.15, 0.2) is 0 Å². The maximum atomic E-state index is 12.3. The minimum absolute atomic E-state index is 0.144. The molecule has 1 aliphatic rings. The molecule has 0 spiro atoms. The van der Waals surface area contributed by atoms with Gasteiger partial charge in [-0.3, -0.25) is 0 Å². The Hall–Kier alpha value is -0.430. The predicted octanol–water partition coefficient (Wildman–Crippen LogP) is 1.77. The van der Waals surface area contributed by atoms with Gasteiger partial charge in [-0.1, -0.05) is 15.9 Å². The topological polar surface area (TPSA) is 72.2 Å². The fraction of sp³-hybridized carbons (Fsp3) is 0.500. The van der Waals surface area contributed by atoms with Gasteiger partial charge in [-0.15, -0.1) is 0 Å². The van der Waals surface area contributed by atoms with Crippen LogP contribution >= 0.6 is 15.9 Å². The summed E-state index contributed by atoms with van der Waals surface area (Å²) in [6, 6.07) is 5.00. The Bertz CT molecular complexity index is 521. The average molecular weight is 333 g/mol. The Morgan fingerprint density at radius 2 is 2.11 bits per heavy atom. The summed E-state index contributed by atoms with van der Waals surface area (Å²) >= 11 is 3.31. The van der Waals surface area contributed by atoms with E-state index in [9.17, 15) is 8.42 Å². The van der Waals surface area contributed by atoms with Crippen molar-refractivity contribution in [3.63, 3.8) is 0 Å². The van der Waals surface area contributed by atoms with E-state index in [4.69, 9.17) is 5.73 Å². The first-order chi connectivity index (χ1) is 8.42. The fourth-order valence-electron chi connectivity index (χ4n) is 1.96. The van der Waals surface area contributed by atoms with E-state index in [1.165, 1.54) is 0 Å². The molecule has 100 valence electrons. The van der Waals surface area contributed by atoms with Crippen LogP contribution in [0.5, 0.6) is 0 Å². The largest absolute Gasteiger partial charge is 0.329 e. The second-order valence-electron chi connectivity index (χ2n) is 4.77. The molecule has 0 aromatic heterocycles. The highest BCUT2D eigenvalue weighted by molar-refractivity contribution is 9.10. The maximum Gasteiger partial charge on any atom is 0.240 e. The zero-order valence-corrected chi connectivity index (χ0v) is 12.6. The highest BCUT2D eigenvalue weighted by Crippen LogP contribution is 2.33. The molecule has 3 N–H and O–H groups in total. The highest BCUT2D eigenvalue weighted by Gasteiger charge is 2.33. The molecule has 1 aromatic carbocycles. The van der Waals surface area contributed by atoms with E-state index in [-0.39, 0.29) is 10.9 Å². The van der Waals surface area contributed by atoms with Gasteiger partial charge in [-0.25, -0.2) is 13.1 Å². The quantitative estimate of drug-likeness (QED) is 0.863. The van der Waals surface area contributed by atoms with Crippen molar-refractivity contribution < 1.29 is 8.42 Å². The van der Waals surface area contributed by atoms with E-state index in [2.05, 4.69) is 20.7 Å². The Morgan fingerprint density at radius 3 is 2.61 bits per heavy atom. The number of nitrogens with one attached hydrogen (secondary N) is 1. The summed E-state index contributed by atoms with van der Waals surface area (Å²) in [4.78, 5) is 0.286. The average Bonchev–Trinajstić information content (AvgIpc) is 3.08. The Balaban J connectivity index is 2.23. The van der Waals surface area contributed by atoms with Crippen LogP contribution in [-0.2, 0) is 10.0 Å². The second-order valence-corrected chi connectivity index (χ2v) is 7.39. The molecule has 0 saturated heterocycles. The van der Waals surface area contributed by atoms with Gasteiger partial charge in [-0.2, -0.15) is 0 Å². The number of hydrogen-bond acceptors (Lipinski definition) is 3. The molecule has 1 fully saturated rings. The van der Waals surface area contributed by atoms with E-state index in [0.717, 1.165) is 22.9 Å². The van der Waals surface area contributed by atoms with Crippen molar-refractivity contribution in [1.82, 2.24) is 4.72 Å². The van der Waals surface area contributed by atoms with Crippen LogP contribution < -0.4 is 10.5 Å². The lowest BCUT2D eigenvalue weighted by Gasteiger charge is -2.16. The molecule has 1 unspecified atom stereocenters. The minimum Gasteiger partial charge on any atom is -0.329 e. The Kier molecular flexibility index (Phi) is 4.11. The molecule has 2 rings (SSSR count). The third kappa shape index (κ3) is 3.32. The second kappa shape index (κ2) is 5.28. The van der Waals surface area contributed by atoms with Gasteiger partial charge in [-0.05, 0) is 49.4 Å². The number of halogens is 1. The molecule has 0 radical (unpaired) electrons. The Labute approximate surface area is 116 Å². The molecule has 0 heterocycles. The van der Waals surface area contributed by atoms with Crippen molar-refractivity contribution in [1.29, 1.82) is 0 Å². The summed E-state index contributed by atoms with van der Waals surface area (Å²) in [5.41, 5.74) is 6.53. The van der Waals surface area contributed by atoms with Gasteiger partial charge in [0, 0.05) is 17.1 Å². The smallest absolute Gasteiger partial charge is 0.240 e. The van der Waals surface area contributed by atoms with Gasteiger partial charge < -0.3 is 5.73 Å². The summed E-state index contributed by atoms with van der Waals surface area (Å²) in [7, 11) is -3.48. The van der Waals surface area contributed by atoms with Crippen LogP contribution in [0.2, 0.25) is 0 Å². The van der Waals surface area contributed by atoms with E-state index < -0.39 is 10.0 Å². The minimum atomic E-state index is -3.48. The first kappa shape index (κ1) is 14.0. The molecule has 4 nitrogen and oxygen atoms in total. The van der Waals surface area contributed by atoms with Gasteiger partial charge in [0.2, 0.25) is 10.0 Å². The van der Waals surface area contributed by atoms with Crippen molar-refractivity contribution in [3.8, 4) is 0 Å². The van der Waals surface area contributed by atoms with Gasteiger partial charge in [0.25, 0.3) is 0 Å². The lowest BCUT2D eigenvalue weighted by Crippen LogP contribution is -2.41. The standard InChI is InChI=1S/C12H17BrN2O2S/c1-8-4-10(13)6-11(5-8)18(16,17)15-12(7-14)9-2-3-9/h4-6,9,12,15H,2-3,7,14H2,1H3. The zero-order chi connectivity index (χ0) is 13.3. The SMILES string of the molecule is Cc1cc(Br)cc(S(=O)(=O)NC(CN)C2CC2)c1. The number of sulfonamides is 1. The molecule has 6 heteroatoms. The summed E-state index contributed by atoms with van der Waals surface area (Å²) < 4.78 is 28.0. The molecule has 1 atom stereocenters. The van der Waals surface area contributed by atoms with E-state index in [1.807, 2.05) is 13.0 Å². The number of hydrogen-bond donors (Lipinski definition) is 2. The molecule has 18 heavy (non-hydrogen) atoms. The fourth-order valence-corrected chi connectivity index (χ4v) is 4.17. The van der Waals surface area contributed by atoms with Crippen molar-refractivity contribution in [3.05, 3.63) is 28.2 Å². The van der Waals surface area contributed by atoms with Crippen LogP contribution in [0.4, 0.5) is 0 Å². The van der Waals surface area contributed by atoms with Crippen LogP contribution in [0.1, 0.15) is 18.4 Å². The normalized spacial score (nSPS) is 17.7. The van der Waals surface area contributed by atoms with Crippen molar-refractivity contribution in [2.75, 3.05) is 6.54 Å². The summed E-state index contributed by atoms with van der Waals surface area (Å²) in [5, 5.41) is 0. The number of benzene rings is 1. The van der Waals surface area contributed by atoms with Crippen LogP contribution in [0.15, 0.2) is 27.6 Å². The molecule has 1 aromatic rings. The summed E-state index contributed by atoms with van der Waals surface area (Å²) in [5.74, 6) is 0.401. The number of nitrogens with two attached hydrogens (primary N) is 1. The lowest BCUT2D eigenvalue weighted by molar-refractivity contribution is 0.519. The summed E-state index contributed by atoms with van der Waals surface area (Å²) in [6.07, 6.45) is 2.11. The molecule has 0 aliphatic heterocycles. The van der Waals surface area contributed by atoms with Crippen molar-refractivity contribution >= 4 is 26.0 Å². The van der Waals surface area contributed by atoms with Crippen LogP contribution in [-0.4, -0.2) is 21.0 Å². The number of aryl methyl sites for hydroxylation is 1. The molecular formula is C12H17BrN2O2S. The lowest BCUT2D eigenvalue weighted by atomic mass is 10.2. The monoisotopic (exact) mass is 332 g/mol. The predicted molar refractivity (Wildman–Crippen MR) is 74.8 cm³/mol. The third-order valence-electron chi connectivity index (χ3n) is 3.08. The van der Waals surface area contributed by atoms with Crippen LogP contribution in [0.3, 0.4) is 0 Å². The zero-order valence-electron chi connectivity index (χ0n) is 10.2. The molecule has 0 amide bonds. The first-order valence-corrected chi connectivity index (χ1v) is 8.19. The third-order valence-corrected chi connectivity index (χ3v) is 5.00. The van der Waals surface area contributed by atoms with Crippen molar-refractivity contribution in [2.45, 2.75) is 30.7 Å². The van der Waals surface area contributed by atoms with Crippen LogP contribution in [0.25, 0.3) is 0 Å². The van der Waals surface area contributed by atoms with Gasteiger partial charge in [0.05, 0.1) is 4.90 Å². The van der Waals surface area contributed by atoms with Crippen LogP contribution in [0, 0.1) is 12.8 Å².